The lowest BCUT2D eigenvalue weighted by molar-refractivity contribution is 0.577. The van der Waals surface area contributed by atoms with Gasteiger partial charge in [0.1, 0.15) is 0 Å². The van der Waals surface area contributed by atoms with Crippen LogP contribution in [0.3, 0.4) is 0 Å². The zero-order valence-electron chi connectivity index (χ0n) is 13.6. The number of H-pyrrole nitrogens is 1. The zero-order chi connectivity index (χ0) is 16.4. The molecule has 0 aliphatic carbocycles. The minimum Gasteiger partial charge on any atom is -0.361 e. The number of nitrogens with one attached hydrogen (secondary N) is 2. The largest absolute Gasteiger partial charge is 0.361 e. The molecule has 4 aromatic rings. The van der Waals surface area contributed by atoms with Crippen LogP contribution < -0.4 is 5.32 Å². The fraction of sp³-hybridized carbons (Fsp3) is 0.150. The number of imidazole rings is 1. The monoisotopic (exact) mass is 316 g/mol. The molecule has 0 saturated carbocycles. The van der Waals surface area contributed by atoms with E-state index >= 15 is 0 Å². The third kappa shape index (κ3) is 2.84. The Labute approximate surface area is 141 Å². The molecule has 24 heavy (non-hydrogen) atoms. The van der Waals surface area contributed by atoms with Gasteiger partial charge in [-0.15, -0.1) is 0 Å². The van der Waals surface area contributed by atoms with Crippen LogP contribution in [0.5, 0.6) is 0 Å². The first-order valence-electron chi connectivity index (χ1n) is 8.18. The Morgan fingerprint density at radius 2 is 2.00 bits per heavy atom. The Balaban J connectivity index is 1.45. The van der Waals surface area contributed by atoms with Gasteiger partial charge in [-0.2, -0.15) is 0 Å². The van der Waals surface area contributed by atoms with E-state index in [0.29, 0.717) is 0 Å². The quantitative estimate of drug-likeness (QED) is 0.579. The number of rotatable bonds is 5. The van der Waals surface area contributed by atoms with E-state index in [1.807, 2.05) is 23.3 Å². The maximum absolute atomic E-state index is 4.08. The Morgan fingerprint density at radius 1 is 1.12 bits per heavy atom. The summed E-state index contributed by atoms with van der Waals surface area (Å²) in [4.78, 5) is 7.42. The van der Waals surface area contributed by atoms with Crippen molar-refractivity contribution in [3.8, 4) is 5.69 Å². The van der Waals surface area contributed by atoms with Gasteiger partial charge in [-0.05, 0) is 41.6 Å². The first-order valence-corrected chi connectivity index (χ1v) is 8.18. The molecule has 0 bridgehead atoms. The summed E-state index contributed by atoms with van der Waals surface area (Å²) in [6.45, 7) is 3.04. The number of nitrogens with zero attached hydrogens (tertiary/aromatic N) is 2. The molecular weight excluding hydrogens is 296 g/mol. The van der Waals surface area contributed by atoms with Crippen LogP contribution in [0.15, 0.2) is 73.4 Å². The van der Waals surface area contributed by atoms with Crippen molar-refractivity contribution in [1.29, 1.82) is 0 Å². The molecule has 2 aromatic carbocycles. The van der Waals surface area contributed by atoms with Gasteiger partial charge >= 0.3 is 0 Å². The highest BCUT2D eigenvalue weighted by Crippen LogP contribution is 2.23. The van der Waals surface area contributed by atoms with Crippen LogP contribution in [0.2, 0.25) is 0 Å². The summed E-state index contributed by atoms with van der Waals surface area (Å²) >= 11 is 0. The average molecular weight is 316 g/mol. The lowest BCUT2D eigenvalue weighted by Gasteiger charge is -2.15. The van der Waals surface area contributed by atoms with E-state index in [4.69, 9.17) is 0 Å². The minimum atomic E-state index is 0.278. The summed E-state index contributed by atoms with van der Waals surface area (Å²) in [5, 5.41) is 4.87. The van der Waals surface area contributed by atoms with Crippen LogP contribution >= 0.6 is 0 Å². The molecule has 0 aliphatic rings. The van der Waals surface area contributed by atoms with Crippen LogP contribution in [0, 0.1) is 0 Å². The smallest absolute Gasteiger partial charge is 0.0991 e. The van der Waals surface area contributed by atoms with Gasteiger partial charge in [0.15, 0.2) is 0 Å². The van der Waals surface area contributed by atoms with Gasteiger partial charge in [-0.1, -0.05) is 30.3 Å². The van der Waals surface area contributed by atoms with Crippen molar-refractivity contribution in [2.45, 2.75) is 19.5 Å². The Morgan fingerprint density at radius 3 is 2.79 bits per heavy atom. The van der Waals surface area contributed by atoms with Crippen molar-refractivity contribution in [2.24, 2.45) is 0 Å². The van der Waals surface area contributed by atoms with E-state index in [1.54, 1.807) is 6.20 Å². The number of aromatic nitrogens is 3. The van der Waals surface area contributed by atoms with E-state index in [0.717, 1.165) is 12.2 Å². The maximum atomic E-state index is 4.08. The van der Waals surface area contributed by atoms with Crippen LogP contribution in [-0.4, -0.2) is 14.5 Å². The number of hydrogen-bond acceptors (Lipinski definition) is 2. The third-order valence-electron chi connectivity index (χ3n) is 4.44. The van der Waals surface area contributed by atoms with Crippen LogP contribution in [0.1, 0.15) is 24.1 Å². The molecule has 0 aliphatic heterocycles. The fourth-order valence-electron chi connectivity index (χ4n) is 3.05. The predicted molar refractivity (Wildman–Crippen MR) is 97.1 cm³/mol. The summed E-state index contributed by atoms with van der Waals surface area (Å²) in [5.74, 6) is 0. The van der Waals surface area contributed by atoms with Crippen molar-refractivity contribution in [3.63, 3.8) is 0 Å². The molecule has 2 aromatic heterocycles. The molecule has 2 heterocycles. The van der Waals surface area contributed by atoms with E-state index in [-0.39, 0.29) is 6.04 Å². The number of fused-ring (bicyclic) bond motifs is 1. The second-order valence-corrected chi connectivity index (χ2v) is 6.03. The highest BCUT2D eigenvalue weighted by Gasteiger charge is 2.09. The van der Waals surface area contributed by atoms with E-state index in [2.05, 4.69) is 70.7 Å². The van der Waals surface area contributed by atoms with Gasteiger partial charge < -0.3 is 14.9 Å². The van der Waals surface area contributed by atoms with Gasteiger partial charge in [0.25, 0.3) is 0 Å². The molecule has 0 saturated heterocycles. The van der Waals surface area contributed by atoms with Gasteiger partial charge in [0.2, 0.25) is 0 Å². The summed E-state index contributed by atoms with van der Waals surface area (Å²) in [5.41, 5.74) is 4.91. The van der Waals surface area contributed by atoms with Gasteiger partial charge in [0, 0.05) is 36.9 Å². The first kappa shape index (κ1) is 14.7. The number of hydrogen-bond donors (Lipinski definition) is 2. The Bertz CT molecular complexity index is 920. The number of benzene rings is 2. The lowest BCUT2D eigenvalue weighted by atomic mass is 10.0. The first-order chi connectivity index (χ1) is 11.8. The van der Waals surface area contributed by atoms with E-state index in [9.17, 15) is 0 Å². The summed E-state index contributed by atoms with van der Waals surface area (Å²) in [7, 11) is 0. The molecule has 1 unspecified atom stereocenters. The number of para-hydroxylation sites is 1. The maximum Gasteiger partial charge on any atom is 0.0991 e. The molecule has 0 spiro atoms. The van der Waals surface area contributed by atoms with Crippen molar-refractivity contribution in [1.82, 2.24) is 19.9 Å². The fourth-order valence-corrected chi connectivity index (χ4v) is 3.05. The third-order valence-corrected chi connectivity index (χ3v) is 4.44. The highest BCUT2D eigenvalue weighted by molar-refractivity contribution is 5.82. The minimum absolute atomic E-state index is 0.278. The topological polar surface area (TPSA) is 45.6 Å². The molecule has 4 heteroatoms. The molecule has 0 radical (unpaired) electrons. The van der Waals surface area contributed by atoms with Crippen molar-refractivity contribution in [2.75, 3.05) is 0 Å². The number of aromatic amines is 1. The highest BCUT2D eigenvalue weighted by atomic mass is 15.0. The van der Waals surface area contributed by atoms with Crippen LogP contribution in [0.25, 0.3) is 16.6 Å². The summed E-state index contributed by atoms with van der Waals surface area (Å²) in [6, 6.07) is 17.4. The second kappa shape index (κ2) is 6.34. The van der Waals surface area contributed by atoms with Crippen molar-refractivity contribution < 1.29 is 0 Å². The predicted octanol–water partition coefficient (Wildman–Crippen LogP) is 4.20. The summed E-state index contributed by atoms with van der Waals surface area (Å²) in [6.07, 6.45) is 7.55. The molecule has 120 valence electrons. The normalized spacial score (nSPS) is 12.5. The van der Waals surface area contributed by atoms with Crippen LogP contribution in [0.4, 0.5) is 0 Å². The average Bonchev–Trinajstić information content (AvgIpc) is 3.31. The molecule has 0 amide bonds. The lowest BCUT2D eigenvalue weighted by Crippen LogP contribution is -2.18. The Hall–Kier alpha value is -2.85. The van der Waals surface area contributed by atoms with E-state index < -0.39 is 0 Å². The molecular formula is C20H20N4. The molecule has 4 rings (SSSR count). The molecule has 0 fully saturated rings. The SMILES string of the molecule is CC(NCc1ccc(-n2ccnc2)cc1)c1cccc2cc[nH]c12. The van der Waals surface area contributed by atoms with Gasteiger partial charge in [-0.25, -0.2) is 4.98 Å². The van der Waals surface area contributed by atoms with E-state index in [1.165, 1.54) is 22.0 Å². The van der Waals surface area contributed by atoms with Crippen LogP contribution in [-0.2, 0) is 6.54 Å². The van der Waals surface area contributed by atoms with Crippen molar-refractivity contribution >= 4 is 10.9 Å². The Kier molecular flexibility index (Phi) is 3.89. The zero-order valence-corrected chi connectivity index (χ0v) is 13.6. The molecule has 4 nitrogen and oxygen atoms in total. The molecule has 2 N–H and O–H groups in total. The van der Waals surface area contributed by atoms with Crippen molar-refractivity contribution in [3.05, 3.63) is 84.6 Å². The standard InChI is InChI=1S/C20H20N4/c1-15(19-4-2-3-17-9-10-22-20(17)19)23-13-16-5-7-18(8-6-16)24-12-11-21-14-24/h2-12,14-15,22-23H,13H2,1H3. The van der Waals surface area contributed by atoms with Gasteiger partial charge in [0.05, 0.1) is 11.8 Å². The summed E-state index contributed by atoms with van der Waals surface area (Å²) < 4.78 is 2.01. The van der Waals surface area contributed by atoms with Gasteiger partial charge in [-0.3, -0.25) is 0 Å². The second-order valence-electron chi connectivity index (χ2n) is 6.03. The molecule has 1 atom stereocenters.